The number of hydrogen-bond acceptors (Lipinski definition) is 5. The molecule has 1 saturated heterocycles. The quantitative estimate of drug-likeness (QED) is 0.625. The lowest BCUT2D eigenvalue weighted by atomic mass is 10.1. The second-order valence-corrected chi connectivity index (χ2v) is 8.91. The lowest BCUT2D eigenvalue weighted by molar-refractivity contribution is 0.0651. The first-order valence-electron chi connectivity index (χ1n) is 9.21. The number of nitrogens with one attached hydrogen (secondary N) is 1. The Balaban J connectivity index is 1.67. The molecule has 1 amide bonds. The average Bonchev–Trinajstić information content (AvgIpc) is 2.69. The lowest BCUT2D eigenvalue weighted by Gasteiger charge is -2.31. The van der Waals surface area contributed by atoms with Gasteiger partial charge in [0.1, 0.15) is 10.7 Å². The highest BCUT2D eigenvalue weighted by Crippen LogP contribution is 2.34. The molecule has 0 atom stereocenters. The van der Waals surface area contributed by atoms with E-state index in [2.05, 4.69) is 9.71 Å². The number of aromatic hydroxyl groups is 1. The average molecular weight is 444 g/mol. The number of rotatable bonds is 5. The summed E-state index contributed by atoms with van der Waals surface area (Å²) in [7, 11) is -4.25. The third-order valence-corrected chi connectivity index (χ3v) is 6.47. The van der Waals surface area contributed by atoms with E-state index in [9.17, 15) is 18.3 Å². The lowest BCUT2D eigenvalue weighted by Crippen LogP contribution is -2.42. The normalized spacial score (nSPS) is 13.6. The van der Waals surface area contributed by atoms with Crippen molar-refractivity contribution in [3.8, 4) is 16.9 Å². The van der Waals surface area contributed by atoms with Crippen LogP contribution in [0.2, 0.25) is 5.02 Å². The fraction of sp³-hybridized carbons (Fsp3) is 0.143. The van der Waals surface area contributed by atoms with Crippen LogP contribution in [0.15, 0.2) is 65.7 Å². The van der Waals surface area contributed by atoms with Crippen LogP contribution >= 0.6 is 11.6 Å². The largest absolute Gasteiger partial charge is 0.505 e. The molecule has 0 spiro atoms. The number of nitrogens with zero attached hydrogens (tertiary/aromatic N) is 2. The molecule has 0 saturated carbocycles. The standard InChI is InChI=1S/C21H18ClN3O4S/c22-17-11-16(21(27)25-9-4-10-25)12-18(20(17)26)30(28,29)24-19-13-15(7-8-23-19)14-5-2-1-3-6-14/h1-3,5-8,11-13,26H,4,9-10H2,(H,23,24). The maximum absolute atomic E-state index is 13.0. The molecule has 0 bridgehead atoms. The molecule has 1 aliphatic heterocycles. The molecule has 7 nitrogen and oxygen atoms in total. The van der Waals surface area contributed by atoms with Crippen LogP contribution in [0.1, 0.15) is 16.8 Å². The molecule has 2 heterocycles. The van der Waals surface area contributed by atoms with Gasteiger partial charge in [-0.3, -0.25) is 9.52 Å². The number of halogens is 1. The smallest absolute Gasteiger partial charge is 0.266 e. The zero-order chi connectivity index (χ0) is 21.3. The molecule has 4 rings (SSSR count). The summed E-state index contributed by atoms with van der Waals surface area (Å²) in [4.78, 5) is 17.6. The number of phenols is 1. The molecule has 1 fully saturated rings. The van der Waals surface area contributed by atoms with Crippen LogP contribution < -0.4 is 4.72 Å². The Morgan fingerprint density at radius 1 is 1.07 bits per heavy atom. The summed E-state index contributed by atoms with van der Waals surface area (Å²) >= 11 is 6.01. The summed E-state index contributed by atoms with van der Waals surface area (Å²) in [6, 6.07) is 15.2. The fourth-order valence-corrected chi connectivity index (χ4v) is 4.51. The SMILES string of the molecule is O=C(c1cc(Cl)c(O)c(S(=O)(=O)Nc2cc(-c3ccccc3)ccn2)c1)N1CCC1. The molecule has 0 aliphatic carbocycles. The summed E-state index contributed by atoms with van der Waals surface area (Å²) in [5.74, 6) is -0.876. The predicted octanol–water partition coefficient (Wildman–Crippen LogP) is 3.75. The first-order valence-corrected chi connectivity index (χ1v) is 11.1. The van der Waals surface area contributed by atoms with Crippen molar-refractivity contribution < 1.29 is 18.3 Å². The first kappa shape index (κ1) is 20.2. The van der Waals surface area contributed by atoms with Crippen LogP contribution in [0.4, 0.5) is 5.82 Å². The number of amides is 1. The van der Waals surface area contributed by atoms with Crippen molar-refractivity contribution in [3.63, 3.8) is 0 Å². The van der Waals surface area contributed by atoms with E-state index < -0.39 is 20.7 Å². The van der Waals surface area contributed by atoms with Gasteiger partial charge in [-0.2, -0.15) is 0 Å². The molecule has 0 radical (unpaired) electrons. The highest BCUT2D eigenvalue weighted by molar-refractivity contribution is 7.92. The molecular weight excluding hydrogens is 426 g/mol. The highest BCUT2D eigenvalue weighted by atomic mass is 35.5. The molecule has 1 aromatic heterocycles. The van der Waals surface area contributed by atoms with Gasteiger partial charge >= 0.3 is 0 Å². The Hall–Kier alpha value is -3.10. The van der Waals surface area contributed by atoms with E-state index in [4.69, 9.17) is 11.6 Å². The van der Waals surface area contributed by atoms with E-state index in [0.29, 0.717) is 13.1 Å². The van der Waals surface area contributed by atoms with Gasteiger partial charge in [0.25, 0.3) is 15.9 Å². The van der Waals surface area contributed by atoms with Crippen LogP contribution in [-0.4, -0.2) is 42.4 Å². The Kier molecular flexibility index (Phi) is 5.36. The number of aromatic nitrogens is 1. The van der Waals surface area contributed by atoms with E-state index in [0.717, 1.165) is 23.6 Å². The molecule has 3 aromatic rings. The number of hydrogen-bond donors (Lipinski definition) is 2. The monoisotopic (exact) mass is 443 g/mol. The molecule has 0 unspecified atom stereocenters. The summed E-state index contributed by atoms with van der Waals surface area (Å²) in [5, 5.41) is 10.0. The van der Waals surface area contributed by atoms with Gasteiger partial charge in [-0.05, 0) is 41.8 Å². The minimum atomic E-state index is -4.25. The first-order chi connectivity index (χ1) is 14.3. The van der Waals surface area contributed by atoms with E-state index in [1.165, 1.54) is 12.3 Å². The maximum Gasteiger partial charge on any atom is 0.266 e. The van der Waals surface area contributed by atoms with Crippen molar-refractivity contribution in [2.24, 2.45) is 0 Å². The van der Waals surface area contributed by atoms with Crippen LogP contribution in [0, 0.1) is 0 Å². The number of likely N-dealkylation sites (tertiary alicyclic amines) is 1. The Morgan fingerprint density at radius 2 is 1.80 bits per heavy atom. The predicted molar refractivity (Wildman–Crippen MR) is 114 cm³/mol. The van der Waals surface area contributed by atoms with Gasteiger partial charge in [-0.25, -0.2) is 13.4 Å². The minimum absolute atomic E-state index is 0.0753. The van der Waals surface area contributed by atoms with Gasteiger partial charge in [0.15, 0.2) is 5.75 Å². The van der Waals surface area contributed by atoms with Crippen molar-refractivity contribution >= 4 is 33.3 Å². The number of benzene rings is 2. The number of anilines is 1. The molecule has 30 heavy (non-hydrogen) atoms. The number of pyridine rings is 1. The van der Waals surface area contributed by atoms with Crippen molar-refractivity contribution in [1.29, 1.82) is 0 Å². The zero-order valence-electron chi connectivity index (χ0n) is 15.7. The Bertz CT molecular complexity index is 1210. The van der Waals surface area contributed by atoms with E-state index in [-0.39, 0.29) is 22.3 Å². The summed E-state index contributed by atoms with van der Waals surface area (Å²) in [6.45, 7) is 1.21. The Labute approximate surface area is 179 Å². The zero-order valence-corrected chi connectivity index (χ0v) is 17.3. The Morgan fingerprint density at radius 3 is 2.47 bits per heavy atom. The topological polar surface area (TPSA) is 99.6 Å². The van der Waals surface area contributed by atoms with Crippen LogP contribution in [0.3, 0.4) is 0 Å². The molecule has 2 N–H and O–H groups in total. The van der Waals surface area contributed by atoms with Crippen molar-refractivity contribution in [2.45, 2.75) is 11.3 Å². The van der Waals surface area contributed by atoms with Gasteiger partial charge in [0.05, 0.1) is 5.02 Å². The third-order valence-electron chi connectivity index (χ3n) is 4.81. The number of sulfonamides is 1. The van der Waals surface area contributed by atoms with Crippen molar-refractivity contribution in [3.05, 3.63) is 71.4 Å². The summed E-state index contributed by atoms with van der Waals surface area (Å²) in [5.41, 5.74) is 1.77. The summed E-state index contributed by atoms with van der Waals surface area (Å²) in [6.07, 6.45) is 2.38. The minimum Gasteiger partial charge on any atom is -0.505 e. The van der Waals surface area contributed by atoms with Crippen molar-refractivity contribution in [1.82, 2.24) is 9.88 Å². The number of phenolic OH excluding ortho intramolecular Hbond substituents is 1. The molecule has 1 aliphatic rings. The van der Waals surface area contributed by atoms with Gasteiger partial charge in [0, 0.05) is 24.8 Å². The van der Waals surface area contributed by atoms with Gasteiger partial charge in [-0.15, -0.1) is 0 Å². The van der Waals surface area contributed by atoms with E-state index in [1.807, 2.05) is 30.3 Å². The van der Waals surface area contributed by atoms with Crippen LogP contribution in [-0.2, 0) is 10.0 Å². The second kappa shape index (κ2) is 7.97. The number of carbonyl (C=O) groups is 1. The van der Waals surface area contributed by atoms with Gasteiger partial charge < -0.3 is 10.0 Å². The highest BCUT2D eigenvalue weighted by Gasteiger charge is 2.27. The molecule has 2 aromatic carbocycles. The van der Waals surface area contributed by atoms with E-state index >= 15 is 0 Å². The molecule has 154 valence electrons. The maximum atomic E-state index is 13.0. The van der Waals surface area contributed by atoms with Crippen LogP contribution in [0.5, 0.6) is 5.75 Å². The van der Waals surface area contributed by atoms with Crippen LogP contribution in [0.25, 0.3) is 11.1 Å². The molecule has 9 heteroatoms. The second-order valence-electron chi connectivity index (χ2n) is 6.85. The third kappa shape index (κ3) is 3.96. The summed E-state index contributed by atoms with van der Waals surface area (Å²) < 4.78 is 28.3. The van der Waals surface area contributed by atoms with Gasteiger partial charge in [0.2, 0.25) is 0 Å². The van der Waals surface area contributed by atoms with Crippen molar-refractivity contribution in [2.75, 3.05) is 17.8 Å². The molecular formula is C21H18ClN3O4S. The number of carbonyl (C=O) groups excluding carboxylic acids is 1. The van der Waals surface area contributed by atoms with Gasteiger partial charge in [-0.1, -0.05) is 41.9 Å². The fourth-order valence-electron chi connectivity index (χ4n) is 3.09. The van der Waals surface area contributed by atoms with E-state index in [1.54, 1.807) is 17.0 Å².